The molecule has 1 aliphatic rings. The molecule has 0 radical (unpaired) electrons. The van der Waals surface area contributed by atoms with Crippen molar-refractivity contribution in [2.24, 2.45) is 0 Å². The summed E-state index contributed by atoms with van der Waals surface area (Å²) in [5.74, 6) is 0. The van der Waals surface area contributed by atoms with Gasteiger partial charge in [-0.05, 0) is 37.3 Å². The lowest BCUT2D eigenvalue weighted by Gasteiger charge is -2.15. The van der Waals surface area contributed by atoms with Gasteiger partial charge >= 0.3 is 0 Å². The van der Waals surface area contributed by atoms with Crippen molar-refractivity contribution in [3.05, 3.63) is 23.8 Å². The SMILES string of the molecule is C=C1CCCCC1=CC=O. The van der Waals surface area contributed by atoms with Crippen LogP contribution in [0.3, 0.4) is 0 Å². The second-order valence-electron chi connectivity index (χ2n) is 2.64. The minimum absolute atomic E-state index is 0.853. The maximum Gasteiger partial charge on any atom is 0.143 e. The molecule has 0 aromatic heterocycles. The van der Waals surface area contributed by atoms with Crippen molar-refractivity contribution in [1.29, 1.82) is 0 Å². The van der Waals surface area contributed by atoms with Crippen LogP contribution in [0.2, 0.25) is 0 Å². The highest BCUT2D eigenvalue weighted by molar-refractivity contribution is 5.68. The van der Waals surface area contributed by atoms with E-state index in [2.05, 4.69) is 6.58 Å². The van der Waals surface area contributed by atoms with Crippen LogP contribution >= 0.6 is 0 Å². The zero-order valence-corrected chi connectivity index (χ0v) is 6.10. The van der Waals surface area contributed by atoms with Crippen LogP contribution in [0.1, 0.15) is 25.7 Å². The second-order valence-corrected chi connectivity index (χ2v) is 2.64. The van der Waals surface area contributed by atoms with E-state index in [0.29, 0.717) is 0 Å². The number of rotatable bonds is 1. The monoisotopic (exact) mass is 136 g/mol. The van der Waals surface area contributed by atoms with Crippen LogP contribution < -0.4 is 0 Å². The van der Waals surface area contributed by atoms with Gasteiger partial charge in [0.05, 0.1) is 0 Å². The van der Waals surface area contributed by atoms with E-state index in [1.165, 1.54) is 12.8 Å². The van der Waals surface area contributed by atoms with Crippen molar-refractivity contribution in [1.82, 2.24) is 0 Å². The van der Waals surface area contributed by atoms with E-state index >= 15 is 0 Å². The van der Waals surface area contributed by atoms with Crippen LogP contribution in [-0.4, -0.2) is 6.29 Å². The van der Waals surface area contributed by atoms with Gasteiger partial charge in [-0.2, -0.15) is 0 Å². The lowest BCUT2D eigenvalue weighted by atomic mass is 9.91. The molecule has 1 nitrogen and oxygen atoms in total. The van der Waals surface area contributed by atoms with Crippen molar-refractivity contribution in [3.8, 4) is 0 Å². The molecular weight excluding hydrogens is 124 g/mol. The standard InChI is InChI=1S/C9H12O/c1-8-4-2-3-5-9(8)6-7-10/h6-7H,1-5H2. The third-order valence-corrected chi connectivity index (χ3v) is 1.90. The highest BCUT2D eigenvalue weighted by Crippen LogP contribution is 2.26. The Morgan fingerprint density at radius 2 is 2.00 bits per heavy atom. The molecule has 1 fully saturated rings. The molecule has 10 heavy (non-hydrogen) atoms. The number of allylic oxidation sites excluding steroid dienone is 3. The number of carbonyl (C=O) groups is 1. The van der Waals surface area contributed by atoms with Crippen molar-refractivity contribution >= 4 is 6.29 Å². The molecule has 0 saturated heterocycles. The summed E-state index contributed by atoms with van der Waals surface area (Å²) in [6.45, 7) is 3.89. The molecular formula is C9H12O. The molecule has 0 aromatic rings. The molecule has 0 bridgehead atoms. The predicted octanol–water partition coefficient (Wildman–Crippen LogP) is 2.24. The Kier molecular flexibility index (Phi) is 2.43. The Bertz CT molecular complexity index is 177. The number of carbonyl (C=O) groups excluding carboxylic acids is 1. The van der Waals surface area contributed by atoms with Gasteiger partial charge in [0, 0.05) is 0 Å². The third-order valence-electron chi connectivity index (χ3n) is 1.90. The summed E-state index contributed by atoms with van der Waals surface area (Å²) >= 11 is 0. The zero-order chi connectivity index (χ0) is 7.40. The van der Waals surface area contributed by atoms with E-state index < -0.39 is 0 Å². The third kappa shape index (κ3) is 1.56. The van der Waals surface area contributed by atoms with Gasteiger partial charge in [-0.25, -0.2) is 0 Å². The normalized spacial score (nSPS) is 23.2. The van der Waals surface area contributed by atoms with Crippen LogP contribution in [0.15, 0.2) is 23.8 Å². The molecule has 0 spiro atoms. The highest BCUT2D eigenvalue weighted by atomic mass is 16.1. The molecule has 54 valence electrons. The molecule has 1 rings (SSSR count). The second kappa shape index (κ2) is 3.35. The van der Waals surface area contributed by atoms with Crippen molar-refractivity contribution in [3.63, 3.8) is 0 Å². The van der Waals surface area contributed by atoms with Gasteiger partial charge < -0.3 is 0 Å². The van der Waals surface area contributed by atoms with Crippen molar-refractivity contribution in [2.45, 2.75) is 25.7 Å². The molecule has 0 atom stereocenters. The van der Waals surface area contributed by atoms with Crippen molar-refractivity contribution < 1.29 is 4.79 Å². The lowest BCUT2D eigenvalue weighted by molar-refractivity contribution is -0.104. The summed E-state index contributed by atoms with van der Waals surface area (Å²) in [4.78, 5) is 10.1. The summed E-state index contributed by atoms with van der Waals surface area (Å²) in [5.41, 5.74) is 2.31. The fourth-order valence-corrected chi connectivity index (χ4v) is 1.27. The molecule has 0 heterocycles. The first-order chi connectivity index (χ1) is 4.84. The molecule has 1 aliphatic carbocycles. The van der Waals surface area contributed by atoms with Crippen LogP contribution in [0.4, 0.5) is 0 Å². The average Bonchev–Trinajstić information content (AvgIpc) is 1.94. The Hall–Kier alpha value is -0.850. The zero-order valence-electron chi connectivity index (χ0n) is 6.10. The quantitative estimate of drug-likeness (QED) is 0.399. The van der Waals surface area contributed by atoms with Gasteiger partial charge in [-0.1, -0.05) is 12.2 Å². The topological polar surface area (TPSA) is 17.1 Å². The van der Waals surface area contributed by atoms with Gasteiger partial charge in [0.15, 0.2) is 0 Å². The van der Waals surface area contributed by atoms with Crippen LogP contribution in [0, 0.1) is 0 Å². The first-order valence-corrected chi connectivity index (χ1v) is 3.67. The minimum atomic E-state index is 0.853. The van der Waals surface area contributed by atoms with E-state index in [0.717, 1.165) is 30.3 Å². The fraction of sp³-hybridized carbons (Fsp3) is 0.444. The Morgan fingerprint density at radius 1 is 1.30 bits per heavy atom. The largest absolute Gasteiger partial charge is 0.299 e. The summed E-state index contributed by atoms with van der Waals surface area (Å²) in [6, 6.07) is 0. The van der Waals surface area contributed by atoms with E-state index in [1.54, 1.807) is 6.08 Å². The van der Waals surface area contributed by atoms with Crippen molar-refractivity contribution in [2.75, 3.05) is 0 Å². The first kappa shape index (κ1) is 7.26. The van der Waals surface area contributed by atoms with Crippen LogP contribution in [0.5, 0.6) is 0 Å². The molecule has 1 saturated carbocycles. The Labute approximate surface area is 61.4 Å². The van der Waals surface area contributed by atoms with E-state index in [9.17, 15) is 4.79 Å². The number of hydrogen-bond acceptors (Lipinski definition) is 1. The van der Waals surface area contributed by atoms with Gasteiger partial charge in [-0.3, -0.25) is 4.79 Å². The molecule has 0 amide bonds. The summed E-state index contributed by atoms with van der Waals surface area (Å²) in [7, 11) is 0. The van der Waals surface area contributed by atoms with Crippen LogP contribution in [-0.2, 0) is 4.79 Å². The molecule has 1 heteroatoms. The van der Waals surface area contributed by atoms with E-state index in [4.69, 9.17) is 0 Å². The Balaban J connectivity index is 2.64. The smallest absolute Gasteiger partial charge is 0.143 e. The summed E-state index contributed by atoms with van der Waals surface area (Å²) in [6.07, 6.45) is 7.04. The average molecular weight is 136 g/mol. The van der Waals surface area contributed by atoms with E-state index in [-0.39, 0.29) is 0 Å². The van der Waals surface area contributed by atoms with Crippen LogP contribution in [0.25, 0.3) is 0 Å². The minimum Gasteiger partial charge on any atom is -0.299 e. The maximum atomic E-state index is 10.1. The highest BCUT2D eigenvalue weighted by Gasteiger charge is 2.07. The predicted molar refractivity (Wildman–Crippen MR) is 41.8 cm³/mol. The molecule has 0 N–H and O–H groups in total. The van der Waals surface area contributed by atoms with Gasteiger partial charge in [0.1, 0.15) is 6.29 Å². The number of hydrogen-bond donors (Lipinski definition) is 0. The maximum absolute atomic E-state index is 10.1. The molecule has 0 aliphatic heterocycles. The first-order valence-electron chi connectivity index (χ1n) is 3.67. The fourth-order valence-electron chi connectivity index (χ4n) is 1.27. The number of aldehydes is 1. The van der Waals surface area contributed by atoms with Gasteiger partial charge in [0.2, 0.25) is 0 Å². The van der Waals surface area contributed by atoms with Gasteiger partial charge in [0.25, 0.3) is 0 Å². The molecule has 0 unspecified atom stereocenters. The summed E-state index contributed by atoms with van der Waals surface area (Å²) in [5, 5.41) is 0. The molecule has 0 aromatic carbocycles. The summed E-state index contributed by atoms with van der Waals surface area (Å²) < 4.78 is 0. The Morgan fingerprint density at radius 3 is 2.60 bits per heavy atom. The van der Waals surface area contributed by atoms with E-state index in [1.807, 2.05) is 0 Å². The lowest BCUT2D eigenvalue weighted by Crippen LogP contribution is -1.97. The van der Waals surface area contributed by atoms with Gasteiger partial charge in [-0.15, -0.1) is 0 Å².